The zero-order chi connectivity index (χ0) is 26.4. The van der Waals surface area contributed by atoms with Gasteiger partial charge in [0.25, 0.3) is 0 Å². The molecule has 4 aromatic rings. The summed E-state index contributed by atoms with van der Waals surface area (Å²) in [5.74, 6) is 0. The number of aryl methyl sites for hydroxylation is 2. The zero-order valence-corrected chi connectivity index (χ0v) is 27.8. The number of benzene rings is 4. The standard InChI is InChI=1S/C22H25.C12H9Si.2ClH.Zr/c1-4-6-9-17-14-19-13-12-16(3)22(21(19)15-17)20-11-8-7-10-18(20)5-2;1-3-7-11-9(5-1)10-6-2-4-8-12(10)13-11;;;/h7-8,10-15H,4-6,9H2,1-3H3;1-7H,13H2;2*1H;/q;;;;+2/p-2. The SMILES string of the molecule is CCCCC1=Cc2c(ccc(C)c2-c2ccccc2CC)[CH]1[Zr]([Cl])([Cl])[c]1cccc2c1[SiH2]c1ccccc1-2. The molecule has 1 heterocycles. The number of halogens is 2. The quantitative estimate of drug-likeness (QED) is 0.161. The van der Waals surface area contributed by atoms with E-state index >= 15 is 0 Å². The summed E-state index contributed by atoms with van der Waals surface area (Å²) < 4.78 is 1.46. The average molecular weight is 633 g/mol. The van der Waals surface area contributed by atoms with E-state index in [9.17, 15) is 0 Å². The molecule has 2 aliphatic rings. The molecule has 1 aliphatic heterocycles. The second-order valence-electron chi connectivity index (χ2n) is 10.8. The Morgan fingerprint density at radius 1 is 0.816 bits per heavy atom. The van der Waals surface area contributed by atoms with Crippen LogP contribution in [0.25, 0.3) is 28.3 Å². The molecule has 4 aromatic carbocycles. The second-order valence-corrected chi connectivity index (χ2v) is 26.6. The summed E-state index contributed by atoms with van der Waals surface area (Å²) in [6.07, 6.45) is 6.90. The number of hydrogen-bond donors (Lipinski definition) is 0. The van der Waals surface area contributed by atoms with Crippen molar-refractivity contribution in [2.75, 3.05) is 0 Å². The first-order chi connectivity index (χ1) is 18.5. The van der Waals surface area contributed by atoms with E-state index in [0.717, 1.165) is 12.8 Å². The Hall–Kier alpha value is -1.70. The van der Waals surface area contributed by atoms with Crippen molar-refractivity contribution in [3.05, 3.63) is 107 Å². The third-order valence-electron chi connectivity index (χ3n) is 8.56. The summed E-state index contributed by atoms with van der Waals surface area (Å²) in [7, 11) is 15.1. The molecule has 6 rings (SSSR count). The van der Waals surface area contributed by atoms with E-state index in [2.05, 4.69) is 106 Å². The van der Waals surface area contributed by atoms with Gasteiger partial charge in [-0.3, -0.25) is 0 Å². The third-order valence-corrected chi connectivity index (χ3v) is 22.9. The molecule has 0 nitrogen and oxygen atoms in total. The Morgan fingerprint density at radius 2 is 1.55 bits per heavy atom. The molecule has 0 spiro atoms. The van der Waals surface area contributed by atoms with Crippen molar-refractivity contribution in [1.29, 1.82) is 0 Å². The van der Waals surface area contributed by atoms with Gasteiger partial charge < -0.3 is 0 Å². The maximum absolute atomic E-state index is 7.85. The minimum absolute atomic E-state index is 0.145. The van der Waals surface area contributed by atoms with Crippen molar-refractivity contribution in [3.63, 3.8) is 0 Å². The van der Waals surface area contributed by atoms with Gasteiger partial charge in [0.1, 0.15) is 0 Å². The molecule has 0 fully saturated rings. The predicted octanol–water partition coefficient (Wildman–Crippen LogP) is 7.74. The van der Waals surface area contributed by atoms with Crippen LogP contribution >= 0.6 is 17.0 Å². The maximum atomic E-state index is 7.85. The number of hydrogen-bond acceptors (Lipinski definition) is 0. The van der Waals surface area contributed by atoms with Crippen LogP contribution in [0.4, 0.5) is 0 Å². The molecular weight excluding hydrogens is 599 g/mol. The monoisotopic (exact) mass is 630 g/mol. The number of rotatable bonds is 7. The van der Waals surface area contributed by atoms with Crippen LogP contribution in [0.2, 0.25) is 0 Å². The Bertz CT molecular complexity index is 1570. The van der Waals surface area contributed by atoms with Gasteiger partial charge in [-0.2, -0.15) is 0 Å². The molecule has 192 valence electrons. The Morgan fingerprint density at radius 3 is 2.34 bits per heavy atom. The molecule has 0 bridgehead atoms. The molecule has 1 atom stereocenters. The summed E-state index contributed by atoms with van der Waals surface area (Å²) >= 11 is -3.94. The van der Waals surface area contributed by atoms with Crippen molar-refractivity contribution in [2.24, 2.45) is 0 Å². The van der Waals surface area contributed by atoms with Crippen molar-refractivity contribution in [2.45, 2.75) is 50.1 Å². The van der Waals surface area contributed by atoms with E-state index in [4.69, 9.17) is 17.0 Å². The Kier molecular flexibility index (Phi) is 7.47. The fraction of sp³-hybridized carbons (Fsp3) is 0.235. The van der Waals surface area contributed by atoms with Crippen LogP contribution in [0.1, 0.15) is 59.0 Å². The molecule has 0 N–H and O–H groups in total. The normalized spacial score (nSPS) is 16.3. The van der Waals surface area contributed by atoms with E-state index in [-0.39, 0.29) is 3.63 Å². The first-order valence-corrected chi connectivity index (χ1v) is 24.4. The van der Waals surface area contributed by atoms with Crippen molar-refractivity contribution in [1.82, 2.24) is 0 Å². The molecule has 1 unspecified atom stereocenters. The van der Waals surface area contributed by atoms with Crippen LogP contribution < -0.4 is 13.6 Å². The van der Waals surface area contributed by atoms with E-state index in [0.29, 0.717) is 0 Å². The van der Waals surface area contributed by atoms with Gasteiger partial charge in [0, 0.05) is 0 Å². The number of allylic oxidation sites excluding steroid dienone is 1. The van der Waals surface area contributed by atoms with Crippen LogP contribution in [0.5, 0.6) is 0 Å². The second kappa shape index (κ2) is 10.7. The fourth-order valence-electron chi connectivity index (χ4n) is 6.70. The molecule has 1 aliphatic carbocycles. The Labute approximate surface area is 241 Å². The van der Waals surface area contributed by atoms with E-state index in [1.807, 2.05) is 0 Å². The Balaban J connectivity index is 1.53. The first kappa shape index (κ1) is 26.5. The fourth-order valence-corrected chi connectivity index (χ4v) is 23.6. The van der Waals surface area contributed by atoms with Gasteiger partial charge in [-0.25, -0.2) is 0 Å². The van der Waals surface area contributed by atoms with Crippen LogP contribution in [-0.2, 0) is 24.3 Å². The van der Waals surface area contributed by atoms with Gasteiger partial charge in [0.05, 0.1) is 0 Å². The summed E-state index contributed by atoms with van der Waals surface area (Å²) in [6.45, 7) is 6.77. The molecule has 38 heavy (non-hydrogen) atoms. The van der Waals surface area contributed by atoms with Gasteiger partial charge in [-0.1, -0.05) is 0 Å². The average Bonchev–Trinajstić information content (AvgIpc) is 3.50. The van der Waals surface area contributed by atoms with Crippen LogP contribution in [0, 0.1) is 6.92 Å². The van der Waals surface area contributed by atoms with Crippen molar-refractivity contribution in [3.8, 4) is 22.3 Å². The molecule has 4 heteroatoms. The van der Waals surface area contributed by atoms with Gasteiger partial charge in [-0.05, 0) is 0 Å². The van der Waals surface area contributed by atoms with Gasteiger partial charge in [0.15, 0.2) is 0 Å². The molecule has 0 saturated carbocycles. The summed E-state index contributed by atoms with van der Waals surface area (Å²) in [5.41, 5.74) is 12.4. The molecule has 0 radical (unpaired) electrons. The first-order valence-electron chi connectivity index (χ1n) is 14.0. The summed E-state index contributed by atoms with van der Waals surface area (Å²) in [6, 6.07) is 29.2. The molecule has 0 amide bonds. The minimum atomic E-state index is -3.94. The zero-order valence-electron chi connectivity index (χ0n) is 22.5. The van der Waals surface area contributed by atoms with Crippen molar-refractivity contribution < 1.29 is 17.9 Å². The summed E-state index contributed by atoms with van der Waals surface area (Å²) in [5, 5.41) is 3.02. The van der Waals surface area contributed by atoms with Gasteiger partial charge >= 0.3 is 243 Å². The van der Waals surface area contributed by atoms with Gasteiger partial charge in [0.2, 0.25) is 0 Å². The number of fused-ring (bicyclic) bond motifs is 4. The van der Waals surface area contributed by atoms with Crippen molar-refractivity contribution >= 4 is 46.3 Å². The molecule has 0 aromatic heterocycles. The number of unbranched alkanes of at least 4 members (excludes halogenated alkanes) is 1. The molecular formula is C34H34Cl2SiZr. The third kappa shape index (κ3) is 4.37. The van der Waals surface area contributed by atoms with E-state index < -0.39 is 27.4 Å². The topological polar surface area (TPSA) is 0 Å². The van der Waals surface area contributed by atoms with Crippen LogP contribution in [-0.4, -0.2) is 9.52 Å². The molecule has 0 saturated heterocycles. The van der Waals surface area contributed by atoms with Crippen LogP contribution in [0.15, 0.2) is 84.4 Å². The van der Waals surface area contributed by atoms with Gasteiger partial charge in [-0.15, -0.1) is 0 Å². The van der Waals surface area contributed by atoms with E-state index in [1.165, 1.54) is 76.6 Å². The van der Waals surface area contributed by atoms with E-state index in [1.54, 1.807) is 0 Å². The summed E-state index contributed by atoms with van der Waals surface area (Å²) in [4.78, 5) is 0. The predicted molar refractivity (Wildman–Crippen MR) is 167 cm³/mol. The van der Waals surface area contributed by atoms with Crippen LogP contribution in [0.3, 0.4) is 0 Å².